The third kappa shape index (κ3) is 3.96. The molecule has 1 N–H and O–H groups in total. The van der Waals surface area contributed by atoms with Gasteiger partial charge in [-0.25, -0.2) is 4.79 Å². The van der Waals surface area contributed by atoms with Gasteiger partial charge in [0.05, 0.1) is 18.8 Å². The second-order valence-electron chi connectivity index (χ2n) is 6.42. The number of carbonyl (C=O) groups excluding carboxylic acids is 1. The van der Waals surface area contributed by atoms with E-state index < -0.39 is 0 Å². The standard InChI is InChI=1S/C15H25N5O4/c1-19(2)13-17-12(24-18-13)11-16-14(21)20-6-3-15(23-10-7-20)4-8-22-9-5-15/h3-11H2,1-2H3,(H,16,21). The predicted octanol–water partition coefficient (Wildman–Crippen LogP) is 0.617. The Bertz CT molecular complexity index is 556. The molecule has 2 aliphatic heterocycles. The van der Waals surface area contributed by atoms with E-state index in [1.54, 1.807) is 9.80 Å². The zero-order valence-electron chi connectivity index (χ0n) is 14.3. The lowest BCUT2D eigenvalue weighted by Crippen LogP contribution is -2.42. The second-order valence-corrected chi connectivity index (χ2v) is 6.42. The molecule has 3 rings (SSSR count). The fourth-order valence-corrected chi connectivity index (χ4v) is 3.00. The molecule has 1 spiro atoms. The molecule has 0 aliphatic carbocycles. The van der Waals surface area contributed by atoms with Gasteiger partial charge in [-0.15, -0.1) is 0 Å². The van der Waals surface area contributed by atoms with Gasteiger partial charge in [0, 0.05) is 40.4 Å². The number of hydrogen-bond donors (Lipinski definition) is 1. The van der Waals surface area contributed by atoms with Crippen molar-refractivity contribution in [3.05, 3.63) is 5.89 Å². The summed E-state index contributed by atoms with van der Waals surface area (Å²) >= 11 is 0. The van der Waals surface area contributed by atoms with Crippen LogP contribution >= 0.6 is 0 Å². The number of hydrogen-bond acceptors (Lipinski definition) is 7. The first-order chi connectivity index (χ1) is 11.6. The minimum absolute atomic E-state index is 0.125. The molecule has 3 heterocycles. The Labute approximate surface area is 141 Å². The number of amides is 2. The zero-order valence-corrected chi connectivity index (χ0v) is 14.3. The molecule has 0 aromatic carbocycles. The van der Waals surface area contributed by atoms with E-state index in [1.165, 1.54) is 0 Å². The summed E-state index contributed by atoms with van der Waals surface area (Å²) in [5, 5.41) is 6.65. The van der Waals surface area contributed by atoms with Crippen molar-refractivity contribution < 1.29 is 18.8 Å². The maximum Gasteiger partial charge on any atom is 0.317 e. The van der Waals surface area contributed by atoms with Crippen LogP contribution in [0.15, 0.2) is 4.52 Å². The maximum absolute atomic E-state index is 12.4. The molecular formula is C15H25N5O4. The SMILES string of the molecule is CN(C)c1noc(CNC(=O)N2CCOC3(CCOCC3)CC2)n1. The van der Waals surface area contributed by atoms with Gasteiger partial charge in [-0.1, -0.05) is 0 Å². The number of urea groups is 1. The van der Waals surface area contributed by atoms with E-state index in [2.05, 4.69) is 15.5 Å². The highest BCUT2D eigenvalue weighted by Gasteiger charge is 2.36. The monoisotopic (exact) mass is 339 g/mol. The Balaban J connectivity index is 1.49. The van der Waals surface area contributed by atoms with Crippen molar-refractivity contribution in [3.8, 4) is 0 Å². The largest absolute Gasteiger partial charge is 0.381 e. The van der Waals surface area contributed by atoms with Crippen molar-refractivity contribution in [2.24, 2.45) is 0 Å². The molecule has 2 amide bonds. The molecular weight excluding hydrogens is 314 g/mol. The highest BCUT2D eigenvalue weighted by molar-refractivity contribution is 5.74. The molecule has 134 valence electrons. The van der Waals surface area contributed by atoms with Gasteiger partial charge in [0.1, 0.15) is 0 Å². The average molecular weight is 339 g/mol. The maximum atomic E-state index is 12.4. The van der Waals surface area contributed by atoms with Crippen LogP contribution in [-0.2, 0) is 16.0 Å². The minimum Gasteiger partial charge on any atom is -0.381 e. The quantitative estimate of drug-likeness (QED) is 0.863. The third-order valence-electron chi connectivity index (χ3n) is 4.55. The molecule has 0 atom stereocenters. The van der Waals surface area contributed by atoms with E-state index in [1.807, 2.05) is 14.1 Å². The van der Waals surface area contributed by atoms with E-state index in [-0.39, 0.29) is 18.2 Å². The van der Waals surface area contributed by atoms with Gasteiger partial charge in [-0.2, -0.15) is 4.98 Å². The molecule has 0 unspecified atom stereocenters. The fraction of sp³-hybridized carbons (Fsp3) is 0.800. The van der Waals surface area contributed by atoms with Crippen LogP contribution in [0.5, 0.6) is 0 Å². The van der Waals surface area contributed by atoms with E-state index >= 15 is 0 Å². The first-order valence-electron chi connectivity index (χ1n) is 8.32. The first kappa shape index (κ1) is 17.0. The summed E-state index contributed by atoms with van der Waals surface area (Å²) in [5.74, 6) is 0.878. The Kier molecular flexibility index (Phi) is 5.20. The fourth-order valence-electron chi connectivity index (χ4n) is 3.00. The normalized spacial score (nSPS) is 20.7. The molecule has 9 heteroatoms. The molecule has 0 saturated carbocycles. The lowest BCUT2D eigenvalue weighted by Gasteiger charge is -2.35. The summed E-state index contributed by atoms with van der Waals surface area (Å²) in [5.41, 5.74) is -0.125. The summed E-state index contributed by atoms with van der Waals surface area (Å²) in [6.07, 6.45) is 2.64. The Morgan fingerprint density at radius 2 is 2.04 bits per heavy atom. The average Bonchev–Trinajstić information content (AvgIpc) is 2.97. The summed E-state index contributed by atoms with van der Waals surface area (Å²) < 4.78 is 16.6. The summed E-state index contributed by atoms with van der Waals surface area (Å²) in [4.78, 5) is 20.1. The second kappa shape index (κ2) is 7.35. The molecule has 24 heavy (non-hydrogen) atoms. The molecule has 0 bridgehead atoms. The smallest absolute Gasteiger partial charge is 0.317 e. The summed E-state index contributed by atoms with van der Waals surface area (Å²) in [6, 6.07) is -0.132. The number of aromatic nitrogens is 2. The Morgan fingerprint density at radius 1 is 1.25 bits per heavy atom. The van der Waals surface area contributed by atoms with Crippen molar-refractivity contribution >= 4 is 12.0 Å². The van der Waals surface area contributed by atoms with Gasteiger partial charge in [0.25, 0.3) is 5.95 Å². The third-order valence-corrected chi connectivity index (χ3v) is 4.55. The lowest BCUT2D eigenvalue weighted by atomic mass is 9.90. The van der Waals surface area contributed by atoms with E-state index in [4.69, 9.17) is 14.0 Å². The molecule has 1 aromatic rings. The molecule has 2 fully saturated rings. The van der Waals surface area contributed by atoms with E-state index in [0.717, 1.165) is 32.5 Å². The van der Waals surface area contributed by atoms with E-state index in [0.29, 0.717) is 31.5 Å². The van der Waals surface area contributed by atoms with Crippen LogP contribution in [0.2, 0.25) is 0 Å². The van der Waals surface area contributed by atoms with Crippen LogP contribution < -0.4 is 10.2 Å². The summed E-state index contributed by atoms with van der Waals surface area (Å²) in [7, 11) is 3.66. The van der Waals surface area contributed by atoms with Crippen LogP contribution in [0.1, 0.15) is 25.2 Å². The zero-order chi connectivity index (χ0) is 17.0. The molecule has 2 saturated heterocycles. The number of nitrogens with one attached hydrogen (secondary N) is 1. The highest BCUT2D eigenvalue weighted by atomic mass is 16.5. The van der Waals surface area contributed by atoms with Gasteiger partial charge in [-0.3, -0.25) is 0 Å². The Morgan fingerprint density at radius 3 is 2.75 bits per heavy atom. The minimum atomic E-state index is -0.132. The van der Waals surface area contributed by atoms with Crippen LogP contribution in [-0.4, -0.2) is 73.7 Å². The van der Waals surface area contributed by atoms with Crippen molar-refractivity contribution in [1.82, 2.24) is 20.4 Å². The van der Waals surface area contributed by atoms with Gasteiger partial charge >= 0.3 is 6.03 Å². The summed E-state index contributed by atoms with van der Waals surface area (Å²) in [6.45, 7) is 3.50. The number of nitrogens with zero attached hydrogens (tertiary/aromatic N) is 4. The van der Waals surface area contributed by atoms with E-state index in [9.17, 15) is 4.79 Å². The molecule has 0 radical (unpaired) electrons. The number of ether oxygens (including phenoxy) is 2. The number of anilines is 1. The van der Waals surface area contributed by atoms with Crippen LogP contribution in [0.3, 0.4) is 0 Å². The van der Waals surface area contributed by atoms with Crippen LogP contribution in [0, 0.1) is 0 Å². The lowest BCUT2D eigenvalue weighted by molar-refractivity contribution is -0.105. The molecule has 2 aliphatic rings. The van der Waals surface area contributed by atoms with Gasteiger partial charge in [0.2, 0.25) is 5.89 Å². The topological polar surface area (TPSA) is 93.0 Å². The van der Waals surface area contributed by atoms with Crippen molar-refractivity contribution in [2.75, 3.05) is 51.9 Å². The van der Waals surface area contributed by atoms with Gasteiger partial charge in [0.15, 0.2) is 0 Å². The Hall–Kier alpha value is -1.87. The van der Waals surface area contributed by atoms with Gasteiger partial charge in [-0.05, 0) is 24.4 Å². The van der Waals surface area contributed by atoms with Gasteiger partial charge < -0.3 is 29.1 Å². The number of rotatable bonds is 3. The van der Waals surface area contributed by atoms with Crippen molar-refractivity contribution in [1.29, 1.82) is 0 Å². The molecule has 9 nitrogen and oxygen atoms in total. The van der Waals surface area contributed by atoms with Crippen molar-refractivity contribution in [3.63, 3.8) is 0 Å². The highest BCUT2D eigenvalue weighted by Crippen LogP contribution is 2.30. The van der Waals surface area contributed by atoms with Crippen molar-refractivity contribution in [2.45, 2.75) is 31.4 Å². The predicted molar refractivity (Wildman–Crippen MR) is 85.8 cm³/mol. The molecule has 1 aromatic heterocycles. The first-order valence-corrected chi connectivity index (χ1v) is 8.32. The van der Waals surface area contributed by atoms with Crippen LogP contribution in [0.4, 0.5) is 10.7 Å². The van der Waals surface area contributed by atoms with Crippen LogP contribution in [0.25, 0.3) is 0 Å². The number of carbonyl (C=O) groups is 1.